The second-order valence-electron chi connectivity index (χ2n) is 4.25. The first kappa shape index (κ1) is 13.6. The minimum absolute atomic E-state index is 0.0103. The number of nitrogens with one attached hydrogen (secondary N) is 2. The maximum Gasteiger partial charge on any atom is 0.296 e. The van der Waals surface area contributed by atoms with Gasteiger partial charge in [-0.05, 0) is 12.1 Å². The normalized spacial score (nSPS) is 18.9. The van der Waals surface area contributed by atoms with Crippen molar-refractivity contribution in [2.75, 3.05) is 38.7 Å². The van der Waals surface area contributed by atoms with Crippen molar-refractivity contribution in [1.82, 2.24) is 5.32 Å². The van der Waals surface area contributed by atoms with Gasteiger partial charge in [-0.1, -0.05) is 0 Å². The van der Waals surface area contributed by atoms with Gasteiger partial charge in [0.15, 0.2) is 0 Å². The maximum atomic E-state index is 11.0. The van der Waals surface area contributed by atoms with Crippen LogP contribution in [0.2, 0.25) is 0 Å². The number of nitro benzene ring substituents is 1. The van der Waals surface area contributed by atoms with Gasteiger partial charge in [-0.3, -0.25) is 10.1 Å². The molecule has 0 amide bonds. The van der Waals surface area contributed by atoms with Gasteiger partial charge in [-0.2, -0.15) is 0 Å². The highest BCUT2D eigenvalue weighted by Crippen LogP contribution is 2.28. The fourth-order valence-corrected chi connectivity index (χ4v) is 1.92. The van der Waals surface area contributed by atoms with Crippen LogP contribution >= 0.6 is 0 Å². The van der Waals surface area contributed by atoms with Gasteiger partial charge in [0.05, 0.1) is 31.3 Å². The number of hydrogen-bond donors (Lipinski definition) is 2. The first-order valence-corrected chi connectivity index (χ1v) is 6.08. The number of benzene rings is 1. The van der Waals surface area contributed by atoms with Crippen LogP contribution in [0, 0.1) is 10.1 Å². The first-order chi connectivity index (χ1) is 9.20. The molecule has 1 saturated heterocycles. The Bertz CT molecular complexity index is 447. The van der Waals surface area contributed by atoms with Gasteiger partial charge in [0.25, 0.3) is 5.69 Å². The van der Waals surface area contributed by atoms with E-state index in [0.29, 0.717) is 31.2 Å². The van der Waals surface area contributed by atoms with Crippen molar-refractivity contribution in [2.45, 2.75) is 6.04 Å². The average molecular weight is 267 g/mol. The molecule has 0 bridgehead atoms. The number of ether oxygens (including phenoxy) is 2. The molecule has 0 aliphatic carbocycles. The van der Waals surface area contributed by atoms with Gasteiger partial charge in [0.2, 0.25) is 0 Å². The van der Waals surface area contributed by atoms with Crippen molar-refractivity contribution in [2.24, 2.45) is 0 Å². The second kappa shape index (κ2) is 6.35. The van der Waals surface area contributed by atoms with Gasteiger partial charge in [-0.15, -0.1) is 0 Å². The number of anilines is 1. The van der Waals surface area contributed by atoms with E-state index in [9.17, 15) is 10.1 Å². The molecule has 1 atom stereocenters. The van der Waals surface area contributed by atoms with Crippen molar-refractivity contribution < 1.29 is 14.4 Å². The van der Waals surface area contributed by atoms with Crippen LogP contribution in [0.1, 0.15) is 0 Å². The van der Waals surface area contributed by atoms with E-state index in [2.05, 4.69) is 10.6 Å². The second-order valence-corrected chi connectivity index (χ2v) is 4.25. The van der Waals surface area contributed by atoms with E-state index in [1.807, 2.05) is 0 Å². The molecule has 1 aromatic carbocycles. The Morgan fingerprint density at radius 2 is 2.47 bits per heavy atom. The predicted molar refractivity (Wildman–Crippen MR) is 70.7 cm³/mol. The van der Waals surface area contributed by atoms with E-state index in [4.69, 9.17) is 9.47 Å². The summed E-state index contributed by atoms with van der Waals surface area (Å²) in [4.78, 5) is 10.6. The summed E-state index contributed by atoms with van der Waals surface area (Å²) >= 11 is 0. The van der Waals surface area contributed by atoms with E-state index < -0.39 is 4.92 Å². The lowest BCUT2D eigenvalue weighted by atomic mass is 10.2. The molecule has 19 heavy (non-hydrogen) atoms. The molecular weight excluding hydrogens is 250 g/mol. The minimum Gasteiger partial charge on any atom is -0.496 e. The molecule has 0 radical (unpaired) electrons. The Kier molecular flexibility index (Phi) is 4.53. The van der Waals surface area contributed by atoms with Crippen LogP contribution in [-0.2, 0) is 4.74 Å². The van der Waals surface area contributed by atoms with Crippen molar-refractivity contribution in [3.63, 3.8) is 0 Å². The third-order valence-electron chi connectivity index (χ3n) is 2.94. The number of morpholine rings is 1. The lowest BCUT2D eigenvalue weighted by Crippen LogP contribution is -2.45. The SMILES string of the molecule is COc1ccc(NCC2COCCN2)c([N+](=O)[O-])c1. The van der Waals surface area contributed by atoms with Gasteiger partial charge in [0.1, 0.15) is 11.4 Å². The molecule has 0 aromatic heterocycles. The Morgan fingerprint density at radius 1 is 1.63 bits per heavy atom. The Hall–Kier alpha value is -1.86. The summed E-state index contributed by atoms with van der Waals surface area (Å²) in [5, 5.41) is 17.4. The largest absolute Gasteiger partial charge is 0.496 e. The number of nitro groups is 1. The molecule has 1 aliphatic heterocycles. The van der Waals surface area contributed by atoms with Gasteiger partial charge in [-0.25, -0.2) is 0 Å². The molecule has 2 N–H and O–H groups in total. The van der Waals surface area contributed by atoms with Crippen LogP contribution < -0.4 is 15.4 Å². The molecule has 2 rings (SSSR count). The van der Waals surface area contributed by atoms with E-state index in [-0.39, 0.29) is 11.7 Å². The zero-order valence-electron chi connectivity index (χ0n) is 10.7. The Morgan fingerprint density at radius 3 is 3.11 bits per heavy atom. The highest BCUT2D eigenvalue weighted by molar-refractivity contribution is 5.63. The number of nitrogens with zero attached hydrogens (tertiary/aromatic N) is 1. The summed E-state index contributed by atoms with van der Waals surface area (Å²) in [5.74, 6) is 0.469. The van der Waals surface area contributed by atoms with Crippen LogP contribution in [0.25, 0.3) is 0 Å². The summed E-state index contributed by atoms with van der Waals surface area (Å²) in [5.41, 5.74) is 0.495. The van der Waals surface area contributed by atoms with Crippen molar-refractivity contribution in [1.29, 1.82) is 0 Å². The quantitative estimate of drug-likeness (QED) is 0.611. The fraction of sp³-hybridized carbons (Fsp3) is 0.500. The monoisotopic (exact) mass is 267 g/mol. The van der Waals surface area contributed by atoms with Crippen LogP contribution in [0.4, 0.5) is 11.4 Å². The Balaban J connectivity index is 2.04. The van der Waals surface area contributed by atoms with E-state index in [0.717, 1.165) is 6.54 Å². The molecule has 1 fully saturated rings. The number of rotatable bonds is 5. The third-order valence-corrected chi connectivity index (χ3v) is 2.94. The maximum absolute atomic E-state index is 11.0. The van der Waals surface area contributed by atoms with E-state index in [1.54, 1.807) is 12.1 Å². The van der Waals surface area contributed by atoms with Gasteiger partial charge >= 0.3 is 0 Å². The molecule has 104 valence electrons. The highest BCUT2D eigenvalue weighted by atomic mass is 16.6. The molecule has 0 spiro atoms. The third kappa shape index (κ3) is 3.55. The zero-order chi connectivity index (χ0) is 13.7. The van der Waals surface area contributed by atoms with Gasteiger partial charge in [0, 0.05) is 19.1 Å². The standard InChI is InChI=1S/C12H17N3O4/c1-18-10-2-3-11(12(6-10)15(16)17)14-7-9-8-19-5-4-13-9/h2-3,6,9,13-14H,4-5,7-8H2,1H3. The molecule has 1 unspecified atom stereocenters. The van der Waals surface area contributed by atoms with Gasteiger partial charge < -0.3 is 20.1 Å². The summed E-state index contributed by atoms with van der Waals surface area (Å²) in [7, 11) is 1.48. The van der Waals surface area contributed by atoms with Crippen molar-refractivity contribution >= 4 is 11.4 Å². The fourth-order valence-electron chi connectivity index (χ4n) is 1.92. The summed E-state index contributed by atoms with van der Waals surface area (Å²) in [6.07, 6.45) is 0. The minimum atomic E-state index is -0.421. The molecule has 7 nitrogen and oxygen atoms in total. The first-order valence-electron chi connectivity index (χ1n) is 6.08. The van der Waals surface area contributed by atoms with Crippen LogP contribution in [0.3, 0.4) is 0 Å². The number of methoxy groups -OCH3 is 1. The average Bonchev–Trinajstić information content (AvgIpc) is 2.46. The summed E-state index contributed by atoms with van der Waals surface area (Å²) in [6.45, 7) is 2.69. The molecule has 1 aromatic rings. The predicted octanol–water partition coefficient (Wildman–Crippen LogP) is 1.00. The lowest BCUT2D eigenvalue weighted by molar-refractivity contribution is -0.384. The van der Waals surface area contributed by atoms with Crippen molar-refractivity contribution in [3.8, 4) is 5.75 Å². The highest BCUT2D eigenvalue weighted by Gasteiger charge is 2.17. The smallest absolute Gasteiger partial charge is 0.296 e. The topological polar surface area (TPSA) is 85.7 Å². The molecule has 1 aliphatic rings. The summed E-state index contributed by atoms with van der Waals surface area (Å²) in [6, 6.07) is 4.92. The number of hydrogen-bond acceptors (Lipinski definition) is 6. The zero-order valence-corrected chi connectivity index (χ0v) is 10.7. The van der Waals surface area contributed by atoms with E-state index >= 15 is 0 Å². The van der Waals surface area contributed by atoms with Crippen LogP contribution in [0.5, 0.6) is 5.75 Å². The molecule has 7 heteroatoms. The van der Waals surface area contributed by atoms with Crippen LogP contribution in [-0.4, -0.2) is 44.4 Å². The van der Waals surface area contributed by atoms with Crippen LogP contribution in [0.15, 0.2) is 18.2 Å². The molecular formula is C12H17N3O4. The Labute approximate surface area is 111 Å². The molecule has 1 heterocycles. The summed E-state index contributed by atoms with van der Waals surface area (Å²) < 4.78 is 10.3. The molecule has 0 saturated carbocycles. The van der Waals surface area contributed by atoms with E-state index in [1.165, 1.54) is 13.2 Å². The lowest BCUT2D eigenvalue weighted by Gasteiger charge is -2.24. The van der Waals surface area contributed by atoms with Crippen molar-refractivity contribution in [3.05, 3.63) is 28.3 Å².